The number of amides is 2. The number of thiophene rings is 1. The second kappa shape index (κ2) is 9.48. The second-order valence-corrected chi connectivity index (χ2v) is 7.13. The highest BCUT2D eigenvalue weighted by atomic mass is 32.1. The zero-order valence-corrected chi connectivity index (χ0v) is 16.4. The summed E-state index contributed by atoms with van der Waals surface area (Å²) in [6.07, 6.45) is 2.92. The molecule has 3 N–H and O–H groups in total. The maximum atomic E-state index is 12.6. The Morgan fingerprint density at radius 1 is 1.07 bits per heavy atom. The van der Waals surface area contributed by atoms with Crippen molar-refractivity contribution in [2.75, 3.05) is 0 Å². The van der Waals surface area contributed by atoms with Crippen molar-refractivity contribution in [3.05, 3.63) is 93.3 Å². The number of carbonyl (C=O) groups is 2. The minimum atomic E-state index is -0.578. The molecule has 0 aliphatic rings. The van der Waals surface area contributed by atoms with Crippen LogP contribution in [0.25, 0.3) is 6.08 Å². The summed E-state index contributed by atoms with van der Waals surface area (Å²) >= 11 is 1.44. The number of benzene rings is 2. The first kappa shape index (κ1) is 20.0. The molecule has 0 fully saturated rings. The molecule has 29 heavy (non-hydrogen) atoms. The van der Waals surface area contributed by atoms with Crippen LogP contribution >= 0.6 is 11.3 Å². The van der Waals surface area contributed by atoms with E-state index in [0.717, 1.165) is 10.4 Å². The van der Waals surface area contributed by atoms with Crippen molar-refractivity contribution in [3.8, 4) is 5.75 Å². The molecule has 0 aliphatic heterocycles. The van der Waals surface area contributed by atoms with Crippen LogP contribution < -0.4 is 10.7 Å². The van der Waals surface area contributed by atoms with E-state index in [1.54, 1.807) is 48.5 Å². The Bertz CT molecular complexity index is 1060. The average Bonchev–Trinajstić information content (AvgIpc) is 3.23. The molecule has 0 unspecified atom stereocenters. The van der Waals surface area contributed by atoms with Crippen LogP contribution in [0.3, 0.4) is 0 Å². The predicted octanol–water partition coefficient (Wildman–Crippen LogP) is 3.68. The number of aromatic hydroxyl groups is 1. The van der Waals surface area contributed by atoms with E-state index >= 15 is 0 Å². The number of hydrazone groups is 1. The van der Waals surface area contributed by atoms with Crippen LogP contribution in [0.1, 0.15) is 26.4 Å². The van der Waals surface area contributed by atoms with Crippen molar-refractivity contribution in [2.45, 2.75) is 6.92 Å². The standard InChI is InChI=1S/C22H19N3O3S/c1-15-9-10-17(20(26)12-15)14-23-25-22(28)19(13-18-8-5-11-29-18)24-21(27)16-6-3-2-4-7-16/h2-14,26H,1H3,(H,24,27)(H,25,28). The van der Waals surface area contributed by atoms with E-state index in [2.05, 4.69) is 15.8 Å². The average molecular weight is 405 g/mol. The molecule has 0 radical (unpaired) electrons. The zero-order chi connectivity index (χ0) is 20.6. The minimum Gasteiger partial charge on any atom is -0.507 e. The zero-order valence-electron chi connectivity index (χ0n) is 15.6. The first-order valence-corrected chi connectivity index (χ1v) is 9.65. The third-order valence-electron chi connectivity index (χ3n) is 3.91. The lowest BCUT2D eigenvalue weighted by molar-refractivity contribution is -0.117. The van der Waals surface area contributed by atoms with E-state index in [9.17, 15) is 14.7 Å². The molecule has 3 rings (SSSR count). The molecule has 7 heteroatoms. The van der Waals surface area contributed by atoms with E-state index in [4.69, 9.17) is 0 Å². The summed E-state index contributed by atoms with van der Waals surface area (Å²) in [5, 5.41) is 18.3. The van der Waals surface area contributed by atoms with Crippen molar-refractivity contribution in [2.24, 2.45) is 5.10 Å². The van der Waals surface area contributed by atoms with Crippen LogP contribution in [-0.2, 0) is 4.79 Å². The molecule has 2 aromatic carbocycles. The molecule has 0 spiro atoms. The van der Waals surface area contributed by atoms with Gasteiger partial charge in [-0.2, -0.15) is 5.10 Å². The Labute approximate surface area is 172 Å². The third kappa shape index (κ3) is 5.63. The summed E-state index contributed by atoms with van der Waals surface area (Å²) in [6, 6.07) is 17.4. The number of nitrogens with zero attached hydrogens (tertiary/aromatic N) is 1. The van der Waals surface area contributed by atoms with E-state index in [-0.39, 0.29) is 11.4 Å². The Hall–Kier alpha value is -3.71. The van der Waals surface area contributed by atoms with E-state index in [1.165, 1.54) is 17.6 Å². The molecule has 6 nitrogen and oxygen atoms in total. The maximum absolute atomic E-state index is 12.6. The monoisotopic (exact) mass is 405 g/mol. The molecule has 146 valence electrons. The van der Waals surface area contributed by atoms with Crippen molar-refractivity contribution in [3.63, 3.8) is 0 Å². The molecule has 0 saturated heterocycles. The second-order valence-electron chi connectivity index (χ2n) is 6.15. The highest BCUT2D eigenvalue weighted by molar-refractivity contribution is 7.10. The van der Waals surface area contributed by atoms with Gasteiger partial charge in [-0.25, -0.2) is 5.43 Å². The topological polar surface area (TPSA) is 90.8 Å². The van der Waals surface area contributed by atoms with Gasteiger partial charge < -0.3 is 10.4 Å². The van der Waals surface area contributed by atoms with Gasteiger partial charge in [-0.3, -0.25) is 9.59 Å². The minimum absolute atomic E-state index is 0.0616. The molecule has 0 bridgehead atoms. The van der Waals surface area contributed by atoms with Gasteiger partial charge in [0.15, 0.2) is 0 Å². The fraction of sp³-hybridized carbons (Fsp3) is 0.0455. The lowest BCUT2D eigenvalue weighted by Gasteiger charge is -2.08. The van der Waals surface area contributed by atoms with Gasteiger partial charge in [0.05, 0.1) is 6.21 Å². The smallest absolute Gasteiger partial charge is 0.287 e. The summed E-state index contributed by atoms with van der Waals surface area (Å²) in [6.45, 7) is 1.86. The van der Waals surface area contributed by atoms with Gasteiger partial charge in [0.1, 0.15) is 11.4 Å². The summed E-state index contributed by atoms with van der Waals surface area (Å²) in [5.41, 5.74) is 4.26. The number of phenolic OH excluding ortho intramolecular Hbond substituents is 1. The largest absolute Gasteiger partial charge is 0.507 e. The van der Waals surface area contributed by atoms with Crippen molar-refractivity contribution in [1.82, 2.24) is 10.7 Å². The number of aryl methyl sites for hydroxylation is 1. The highest BCUT2D eigenvalue weighted by Crippen LogP contribution is 2.16. The SMILES string of the molecule is Cc1ccc(C=NNC(=O)C(=Cc2cccs2)NC(=O)c2ccccc2)c(O)c1. The Morgan fingerprint density at radius 3 is 2.55 bits per heavy atom. The first-order valence-electron chi connectivity index (χ1n) is 8.77. The van der Waals surface area contributed by atoms with Crippen LogP contribution in [0.2, 0.25) is 0 Å². The molecular formula is C22H19N3O3S. The first-order chi connectivity index (χ1) is 14.0. The number of carbonyl (C=O) groups excluding carboxylic acids is 2. The summed E-state index contributed by atoms with van der Waals surface area (Å²) in [7, 11) is 0. The van der Waals surface area contributed by atoms with E-state index in [0.29, 0.717) is 11.1 Å². The predicted molar refractivity (Wildman–Crippen MR) is 115 cm³/mol. The summed E-state index contributed by atoms with van der Waals surface area (Å²) in [5.74, 6) is -0.913. The van der Waals surface area contributed by atoms with Gasteiger partial charge in [0.2, 0.25) is 0 Å². The lowest BCUT2D eigenvalue weighted by Crippen LogP contribution is -2.32. The van der Waals surface area contributed by atoms with Gasteiger partial charge in [-0.1, -0.05) is 30.3 Å². The van der Waals surface area contributed by atoms with Gasteiger partial charge >= 0.3 is 0 Å². The molecule has 0 aliphatic carbocycles. The van der Waals surface area contributed by atoms with Gasteiger partial charge in [0, 0.05) is 16.0 Å². The Kier molecular flexibility index (Phi) is 6.55. The van der Waals surface area contributed by atoms with Crippen molar-refractivity contribution < 1.29 is 14.7 Å². The molecule has 2 amide bonds. The lowest BCUT2D eigenvalue weighted by atomic mass is 10.1. The number of rotatable bonds is 6. The maximum Gasteiger partial charge on any atom is 0.287 e. The van der Waals surface area contributed by atoms with Crippen LogP contribution in [0.4, 0.5) is 0 Å². The van der Waals surface area contributed by atoms with Gasteiger partial charge in [-0.05, 0) is 54.3 Å². The van der Waals surface area contributed by atoms with Crippen LogP contribution in [0, 0.1) is 6.92 Å². The molecular weight excluding hydrogens is 386 g/mol. The number of phenols is 1. The van der Waals surface area contributed by atoms with Crippen molar-refractivity contribution in [1.29, 1.82) is 0 Å². The highest BCUT2D eigenvalue weighted by Gasteiger charge is 2.14. The Morgan fingerprint density at radius 2 is 1.86 bits per heavy atom. The quantitative estimate of drug-likeness (QED) is 0.332. The summed E-state index contributed by atoms with van der Waals surface area (Å²) in [4.78, 5) is 25.9. The van der Waals surface area contributed by atoms with Crippen LogP contribution in [0.5, 0.6) is 5.75 Å². The normalized spacial score (nSPS) is 11.4. The summed E-state index contributed by atoms with van der Waals surface area (Å²) < 4.78 is 0. The van der Waals surface area contributed by atoms with E-state index < -0.39 is 11.8 Å². The van der Waals surface area contributed by atoms with Crippen LogP contribution in [0.15, 0.2) is 76.8 Å². The van der Waals surface area contributed by atoms with Crippen LogP contribution in [-0.4, -0.2) is 23.1 Å². The van der Waals surface area contributed by atoms with E-state index in [1.807, 2.05) is 30.5 Å². The molecule has 0 saturated carbocycles. The number of hydrogen-bond donors (Lipinski definition) is 3. The Balaban J connectivity index is 1.76. The fourth-order valence-corrected chi connectivity index (χ4v) is 3.10. The van der Waals surface area contributed by atoms with Gasteiger partial charge in [-0.15, -0.1) is 11.3 Å². The third-order valence-corrected chi connectivity index (χ3v) is 4.73. The van der Waals surface area contributed by atoms with Gasteiger partial charge in [0.25, 0.3) is 11.8 Å². The number of hydrogen-bond acceptors (Lipinski definition) is 5. The molecule has 3 aromatic rings. The number of nitrogens with one attached hydrogen (secondary N) is 2. The molecule has 0 atom stereocenters. The molecule has 1 aromatic heterocycles. The fourth-order valence-electron chi connectivity index (χ4n) is 2.44. The van der Waals surface area contributed by atoms with Crippen molar-refractivity contribution >= 4 is 35.4 Å². The molecule has 1 heterocycles.